The molecule has 0 aliphatic carbocycles. The van der Waals surface area contributed by atoms with Crippen LogP contribution < -0.4 is 0 Å². The Labute approximate surface area is 68.2 Å². The van der Waals surface area contributed by atoms with E-state index in [0.29, 0.717) is 6.29 Å². The zero-order chi connectivity index (χ0) is 9.19. The van der Waals surface area contributed by atoms with E-state index >= 15 is 0 Å². The van der Waals surface area contributed by atoms with Gasteiger partial charge in [0.05, 0.1) is 0 Å². The number of carbonyl (C=O) groups is 1. The van der Waals surface area contributed by atoms with Crippen molar-refractivity contribution in [1.82, 2.24) is 4.98 Å². The third-order valence-electron chi connectivity index (χ3n) is 1.40. The fourth-order valence-corrected chi connectivity index (χ4v) is 0.762. The average molecular weight is 171 g/mol. The summed E-state index contributed by atoms with van der Waals surface area (Å²) < 4.78 is 25.2. The molecule has 0 amide bonds. The highest BCUT2D eigenvalue weighted by atomic mass is 19.3. The Kier molecular flexibility index (Phi) is 2.17. The van der Waals surface area contributed by atoms with Crippen molar-refractivity contribution < 1.29 is 13.6 Å². The molecule has 1 aromatic rings. The summed E-state index contributed by atoms with van der Waals surface area (Å²) in [7, 11) is 0. The molecule has 0 bridgehead atoms. The van der Waals surface area contributed by atoms with Crippen LogP contribution in [0.1, 0.15) is 22.8 Å². The van der Waals surface area contributed by atoms with E-state index in [4.69, 9.17) is 0 Å². The minimum Gasteiger partial charge on any atom is -0.298 e. The highest BCUT2D eigenvalue weighted by Crippen LogP contribution is 2.26. The number of halogens is 2. The van der Waals surface area contributed by atoms with E-state index in [-0.39, 0.29) is 11.1 Å². The summed E-state index contributed by atoms with van der Waals surface area (Å²) in [5.41, 5.74) is -0.0823. The van der Waals surface area contributed by atoms with Crippen LogP contribution in [0.15, 0.2) is 18.5 Å². The molecule has 1 rings (SSSR count). The van der Waals surface area contributed by atoms with Gasteiger partial charge in [-0.1, -0.05) is 0 Å². The van der Waals surface area contributed by atoms with Crippen LogP contribution in [-0.2, 0) is 5.92 Å². The standard InChI is InChI=1S/C8H7F2NO/c1-8(9,10)7-2-6(5-12)3-11-4-7/h2-5H,1H3. The lowest BCUT2D eigenvalue weighted by Gasteiger charge is -2.09. The number of nitrogens with zero attached hydrogens (tertiary/aromatic N) is 1. The first-order chi connectivity index (χ1) is 5.54. The predicted molar refractivity (Wildman–Crippen MR) is 39.2 cm³/mol. The molecule has 0 aromatic carbocycles. The van der Waals surface area contributed by atoms with Gasteiger partial charge in [0.1, 0.15) is 0 Å². The van der Waals surface area contributed by atoms with E-state index in [2.05, 4.69) is 4.98 Å². The molecule has 0 fully saturated rings. The molecule has 64 valence electrons. The van der Waals surface area contributed by atoms with Crippen LogP contribution in [0.2, 0.25) is 0 Å². The van der Waals surface area contributed by atoms with Crippen molar-refractivity contribution >= 4 is 6.29 Å². The van der Waals surface area contributed by atoms with Gasteiger partial charge in [0.2, 0.25) is 0 Å². The van der Waals surface area contributed by atoms with Crippen molar-refractivity contribution in [2.45, 2.75) is 12.8 Å². The Morgan fingerprint density at radius 1 is 1.50 bits per heavy atom. The van der Waals surface area contributed by atoms with E-state index < -0.39 is 5.92 Å². The van der Waals surface area contributed by atoms with Crippen LogP contribution in [-0.4, -0.2) is 11.3 Å². The molecule has 1 heterocycles. The predicted octanol–water partition coefficient (Wildman–Crippen LogP) is 2.01. The first-order valence-electron chi connectivity index (χ1n) is 3.32. The Hall–Kier alpha value is -1.32. The molecule has 0 aliphatic rings. The summed E-state index contributed by atoms with van der Waals surface area (Å²) in [6, 6.07) is 1.12. The largest absolute Gasteiger partial charge is 0.298 e. The van der Waals surface area contributed by atoms with E-state index in [9.17, 15) is 13.6 Å². The van der Waals surface area contributed by atoms with Crippen LogP contribution in [0, 0.1) is 0 Å². The van der Waals surface area contributed by atoms with Crippen LogP contribution in [0.3, 0.4) is 0 Å². The van der Waals surface area contributed by atoms with Crippen LogP contribution >= 0.6 is 0 Å². The lowest BCUT2D eigenvalue weighted by molar-refractivity contribution is 0.0171. The summed E-state index contributed by atoms with van der Waals surface area (Å²) in [5, 5.41) is 0. The molecule has 1 aromatic heterocycles. The summed E-state index contributed by atoms with van der Waals surface area (Å²) in [6.45, 7) is 0.762. The fraction of sp³-hybridized carbons (Fsp3) is 0.250. The van der Waals surface area contributed by atoms with Gasteiger partial charge in [0.15, 0.2) is 6.29 Å². The Morgan fingerprint density at radius 3 is 2.67 bits per heavy atom. The van der Waals surface area contributed by atoms with Gasteiger partial charge >= 0.3 is 0 Å². The monoisotopic (exact) mass is 171 g/mol. The molecular formula is C8H7F2NO. The van der Waals surface area contributed by atoms with Crippen molar-refractivity contribution in [2.24, 2.45) is 0 Å². The van der Waals surface area contributed by atoms with Gasteiger partial charge in [-0.25, -0.2) is 8.78 Å². The zero-order valence-electron chi connectivity index (χ0n) is 6.42. The normalized spacial score (nSPS) is 11.2. The van der Waals surface area contributed by atoms with Gasteiger partial charge in [0, 0.05) is 30.4 Å². The minimum absolute atomic E-state index is 0.161. The van der Waals surface area contributed by atoms with Crippen molar-refractivity contribution in [3.05, 3.63) is 29.6 Å². The van der Waals surface area contributed by atoms with Crippen molar-refractivity contribution in [2.75, 3.05) is 0 Å². The summed E-state index contributed by atoms with van der Waals surface area (Å²) >= 11 is 0. The first-order valence-corrected chi connectivity index (χ1v) is 3.32. The molecular weight excluding hydrogens is 164 g/mol. The molecule has 0 radical (unpaired) electrons. The molecule has 12 heavy (non-hydrogen) atoms. The van der Waals surface area contributed by atoms with Gasteiger partial charge in [-0.2, -0.15) is 0 Å². The molecule has 0 saturated heterocycles. The molecule has 0 saturated carbocycles. The summed E-state index contributed by atoms with van der Waals surface area (Å²) in [5.74, 6) is -2.94. The smallest absolute Gasteiger partial charge is 0.272 e. The highest BCUT2D eigenvalue weighted by molar-refractivity contribution is 5.74. The SMILES string of the molecule is CC(F)(F)c1cncc(C=O)c1. The molecule has 4 heteroatoms. The van der Waals surface area contributed by atoms with E-state index in [1.54, 1.807) is 0 Å². The third kappa shape index (κ3) is 1.84. The fourth-order valence-electron chi connectivity index (χ4n) is 0.762. The minimum atomic E-state index is -2.94. The Bertz CT molecular complexity index is 293. The second-order valence-electron chi connectivity index (χ2n) is 2.51. The number of pyridine rings is 1. The van der Waals surface area contributed by atoms with E-state index in [1.807, 2.05) is 0 Å². The zero-order valence-corrected chi connectivity index (χ0v) is 6.42. The molecule has 0 spiro atoms. The topological polar surface area (TPSA) is 30.0 Å². The van der Waals surface area contributed by atoms with Crippen molar-refractivity contribution in [3.63, 3.8) is 0 Å². The number of hydrogen-bond acceptors (Lipinski definition) is 2. The first kappa shape index (κ1) is 8.77. The average Bonchev–Trinajstić information content (AvgIpc) is 2.03. The summed E-state index contributed by atoms with van der Waals surface area (Å²) in [4.78, 5) is 13.7. The number of alkyl halides is 2. The Morgan fingerprint density at radius 2 is 2.17 bits per heavy atom. The lowest BCUT2D eigenvalue weighted by Crippen LogP contribution is -2.07. The maximum atomic E-state index is 12.6. The molecule has 0 unspecified atom stereocenters. The second kappa shape index (κ2) is 2.97. The molecule has 0 aliphatic heterocycles. The van der Waals surface area contributed by atoms with E-state index in [1.165, 1.54) is 6.20 Å². The molecule has 0 N–H and O–H groups in total. The quantitative estimate of drug-likeness (QED) is 0.637. The number of rotatable bonds is 2. The van der Waals surface area contributed by atoms with Crippen molar-refractivity contribution in [1.29, 1.82) is 0 Å². The van der Waals surface area contributed by atoms with Gasteiger partial charge in [0.25, 0.3) is 5.92 Å². The number of carbonyl (C=O) groups excluding carboxylic acids is 1. The van der Waals surface area contributed by atoms with Crippen molar-refractivity contribution in [3.8, 4) is 0 Å². The van der Waals surface area contributed by atoms with Gasteiger partial charge in [-0.3, -0.25) is 9.78 Å². The van der Waals surface area contributed by atoms with Gasteiger partial charge in [-0.05, 0) is 6.07 Å². The lowest BCUT2D eigenvalue weighted by atomic mass is 10.1. The van der Waals surface area contributed by atoms with Gasteiger partial charge in [-0.15, -0.1) is 0 Å². The molecule has 2 nitrogen and oxygen atoms in total. The number of aldehydes is 1. The van der Waals surface area contributed by atoms with Gasteiger partial charge < -0.3 is 0 Å². The Balaban J connectivity index is 3.10. The van der Waals surface area contributed by atoms with Crippen LogP contribution in [0.25, 0.3) is 0 Å². The third-order valence-corrected chi connectivity index (χ3v) is 1.40. The van der Waals surface area contributed by atoms with E-state index in [0.717, 1.165) is 19.2 Å². The van der Waals surface area contributed by atoms with Crippen LogP contribution in [0.4, 0.5) is 8.78 Å². The van der Waals surface area contributed by atoms with Crippen LogP contribution in [0.5, 0.6) is 0 Å². The second-order valence-corrected chi connectivity index (χ2v) is 2.51. The maximum Gasteiger partial charge on any atom is 0.272 e. The molecule has 0 atom stereocenters. The maximum absolute atomic E-state index is 12.6. The number of hydrogen-bond donors (Lipinski definition) is 0. The number of aromatic nitrogens is 1. The highest BCUT2D eigenvalue weighted by Gasteiger charge is 2.24. The summed E-state index contributed by atoms with van der Waals surface area (Å²) in [6.07, 6.45) is 2.78.